The molecule has 1 aromatic heterocycles. The summed E-state index contributed by atoms with van der Waals surface area (Å²) in [4.78, 5) is 6.86. The van der Waals surface area contributed by atoms with E-state index >= 15 is 0 Å². The molecule has 0 atom stereocenters. The van der Waals surface area contributed by atoms with Gasteiger partial charge in [-0.15, -0.1) is 0 Å². The summed E-state index contributed by atoms with van der Waals surface area (Å²) >= 11 is 8.60. The number of rotatable bonds is 1. The van der Waals surface area contributed by atoms with Gasteiger partial charge in [-0.1, -0.05) is 11.6 Å². The number of hydrogen-bond acceptors (Lipinski definition) is 2. The number of anilines is 1. The Balaban J connectivity index is 2.06. The maximum Gasteiger partial charge on any atom is 0.0719 e. The van der Waals surface area contributed by atoms with E-state index in [1.165, 1.54) is 24.9 Å². The predicted molar refractivity (Wildman–Crippen MR) is 85.5 cm³/mol. The van der Waals surface area contributed by atoms with Crippen LogP contribution in [0, 0.1) is 3.57 Å². The third kappa shape index (κ3) is 2.30. The molecule has 0 amide bonds. The second-order valence-corrected chi connectivity index (χ2v) is 6.21. The number of pyridine rings is 1. The third-order valence-electron chi connectivity index (χ3n) is 3.46. The van der Waals surface area contributed by atoms with Crippen molar-refractivity contribution in [2.75, 3.05) is 18.0 Å². The molecule has 1 fully saturated rings. The van der Waals surface area contributed by atoms with E-state index in [0.717, 1.165) is 32.6 Å². The molecule has 0 radical (unpaired) electrons. The minimum absolute atomic E-state index is 0.819. The van der Waals surface area contributed by atoms with E-state index in [2.05, 4.69) is 50.7 Å². The lowest BCUT2D eigenvalue weighted by atomic mass is 10.1. The van der Waals surface area contributed by atoms with Gasteiger partial charge in [0.1, 0.15) is 0 Å². The molecule has 0 saturated carbocycles. The van der Waals surface area contributed by atoms with Crippen molar-refractivity contribution in [1.82, 2.24) is 4.98 Å². The van der Waals surface area contributed by atoms with Crippen molar-refractivity contribution in [2.45, 2.75) is 19.3 Å². The van der Waals surface area contributed by atoms with Gasteiger partial charge in [0, 0.05) is 30.4 Å². The fourth-order valence-corrected chi connectivity index (χ4v) is 3.10. The van der Waals surface area contributed by atoms with Crippen LogP contribution in [-0.4, -0.2) is 18.1 Å². The lowest BCUT2D eigenvalue weighted by Crippen LogP contribution is -2.29. The summed E-state index contributed by atoms with van der Waals surface area (Å²) in [6, 6.07) is 6.41. The van der Waals surface area contributed by atoms with Crippen LogP contribution in [-0.2, 0) is 0 Å². The van der Waals surface area contributed by atoms with Gasteiger partial charge in [-0.25, -0.2) is 0 Å². The molecule has 1 aromatic carbocycles. The van der Waals surface area contributed by atoms with E-state index < -0.39 is 0 Å². The zero-order valence-corrected chi connectivity index (χ0v) is 12.9. The van der Waals surface area contributed by atoms with Crippen LogP contribution in [0.4, 0.5) is 5.69 Å². The lowest BCUT2D eigenvalue weighted by Gasteiger charge is -2.29. The highest BCUT2D eigenvalue weighted by atomic mass is 127. The van der Waals surface area contributed by atoms with Gasteiger partial charge in [0.15, 0.2) is 0 Å². The molecule has 0 bridgehead atoms. The molecular formula is C14H14ClIN2. The SMILES string of the molecule is Clc1c(I)cnc2ccc(N3CCCCC3)cc12. The van der Waals surface area contributed by atoms with E-state index in [1.807, 2.05) is 6.20 Å². The number of fused-ring (bicyclic) bond motifs is 1. The smallest absolute Gasteiger partial charge is 0.0719 e. The molecule has 2 aromatic rings. The summed E-state index contributed by atoms with van der Waals surface area (Å²) in [5.74, 6) is 0. The quantitative estimate of drug-likeness (QED) is 0.686. The Hall–Kier alpha value is -0.550. The van der Waals surface area contributed by atoms with Crippen molar-refractivity contribution in [1.29, 1.82) is 0 Å². The molecule has 3 rings (SSSR count). The Kier molecular flexibility index (Phi) is 3.61. The monoisotopic (exact) mass is 372 g/mol. The van der Waals surface area contributed by atoms with Gasteiger partial charge in [-0.2, -0.15) is 0 Å². The first-order valence-corrected chi connectivity index (χ1v) is 7.70. The normalized spacial score (nSPS) is 16.2. The fourth-order valence-electron chi connectivity index (χ4n) is 2.47. The first-order valence-electron chi connectivity index (χ1n) is 6.24. The Morgan fingerprint density at radius 2 is 1.94 bits per heavy atom. The maximum atomic E-state index is 6.37. The van der Waals surface area contributed by atoms with E-state index in [9.17, 15) is 0 Å². The molecule has 18 heavy (non-hydrogen) atoms. The van der Waals surface area contributed by atoms with Crippen molar-refractivity contribution < 1.29 is 0 Å². The van der Waals surface area contributed by atoms with Gasteiger partial charge in [-0.05, 0) is 60.1 Å². The zero-order chi connectivity index (χ0) is 12.5. The number of hydrogen-bond donors (Lipinski definition) is 0. The maximum absolute atomic E-state index is 6.37. The minimum Gasteiger partial charge on any atom is -0.372 e. The van der Waals surface area contributed by atoms with Crippen molar-refractivity contribution in [3.63, 3.8) is 0 Å². The van der Waals surface area contributed by atoms with Gasteiger partial charge in [0.25, 0.3) is 0 Å². The standard InChI is InChI=1S/C14H14ClIN2/c15-14-11-8-10(18-6-2-1-3-7-18)4-5-13(11)17-9-12(14)16/h4-5,8-9H,1-3,6-7H2. The van der Waals surface area contributed by atoms with E-state index in [0.29, 0.717) is 0 Å². The first-order chi connectivity index (χ1) is 8.75. The topological polar surface area (TPSA) is 16.1 Å². The van der Waals surface area contributed by atoms with Gasteiger partial charge >= 0.3 is 0 Å². The third-order valence-corrected chi connectivity index (χ3v) is 5.01. The van der Waals surface area contributed by atoms with E-state index in [1.54, 1.807) is 0 Å². The highest BCUT2D eigenvalue weighted by Crippen LogP contribution is 2.30. The lowest BCUT2D eigenvalue weighted by molar-refractivity contribution is 0.578. The Bertz CT molecular complexity index is 579. The average molecular weight is 373 g/mol. The van der Waals surface area contributed by atoms with Crippen LogP contribution in [0.15, 0.2) is 24.4 Å². The van der Waals surface area contributed by atoms with Gasteiger partial charge < -0.3 is 4.90 Å². The molecule has 2 heterocycles. The highest BCUT2D eigenvalue weighted by Gasteiger charge is 2.12. The predicted octanol–water partition coefficient (Wildman–Crippen LogP) is 4.48. The fraction of sp³-hybridized carbons (Fsp3) is 0.357. The largest absolute Gasteiger partial charge is 0.372 e. The summed E-state index contributed by atoms with van der Waals surface area (Å²) in [7, 11) is 0. The number of benzene rings is 1. The first kappa shape index (κ1) is 12.5. The second kappa shape index (κ2) is 5.21. The van der Waals surface area contributed by atoms with Crippen molar-refractivity contribution in [3.8, 4) is 0 Å². The molecule has 0 N–H and O–H groups in total. The summed E-state index contributed by atoms with van der Waals surface area (Å²) in [5, 5.41) is 1.88. The summed E-state index contributed by atoms with van der Waals surface area (Å²) in [5.41, 5.74) is 2.24. The molecule has 1 aliphatic heterocycles. The molecule has 94 valence electrons. The molecule has 0 spiro atoms. The van der Waals surface area contributed by atoms with Gasteiger partial charge in [-0.3, -0.25) is 4.98 Å². The Morgan fingerprint density at radius 3 is 2.72 bits per heavy atom. The summed E-state index contributed by atoms with van der Waals surface area (Å²) < 4.78 is 1.01. The van der Waals surface area contributed by atoms with Gasteiger partial charge in [0.2, 0.25) is 0 Å². The Morgan fingerprint density at radius 1 is 1.17 bits per heavy atom. The van der Waals surface area contributed by atoms with E-state index in [-0.39, 0.29) is 0 Å². The second-order valence-electron chi connectivity index (χ2n) is 4.67. The van der Waals surface area contributed by atoms with Crippen LogP contribution in [0.25, 0.3) is 10.9 Å². The Labute approximate surface area is 125 Å². The average Bonchev–Trinajstić information content (AvgIpc) is 2.44. The van der Waals surface area contributed by atoms with Crippen LogP contribution in [0.3, 0.4) is 0 Å². The van der Waals surface area contributed by atoms with Crippen LogP contribution in [0.1, 0.15) is 19.3 Å². The molecule has 1 aliphatic rings. The molecular weight excluding hydrogens is 359 g/mol. The van der Waals surface area contributed by atoms with Crippen molar-refractivity contribution in [3.05, 3.63) is 33.0 Å². The summed E-state index contributed by atoms with van der Waals surface area (Å²) in [6.45, 7) is 2.31. The van der Waals surface area contributed by atoms with Crippen LogP contribution >= 0.6 is 34.2 Å². The van der Waals surface area contributed by atoms with E-state index in [4.69, 9.17) is 11.6 Å². The number of nitrogens with zero attached hydrogens (tertiary/aromatic N) is 2. The number of aromatic nitrogens is 1. The van der Waals surface area contributed by atoms with Crippen molar-refractivity contribution in [2.24, 2.45) is 0 Å². The minimum atomic E-state index is 0.819. The van der Waals surface area contributed by atoms with Crippen LogP contribution < -0.4 is 4.90 Å². The molecule has 2 nitrogen and oxygen atoms in total. The van der Waals surface area contributed by atoms with Crippen LogP contribution in [0.5, 0.6) is 0 Å². The number of piperidine rings is 1. The zero-order valence-electron chi connectivity index (χ0n) is 10.00. The summed E-state index contributed by atoms with van der Waals surface area (Å²) in [6.07, 6.45) is 5.75. The highest BCUT2D eigenvalue weighted by molar-refractivity contribution is 14.1. The molecule has 1 saturated heterocycles. The van der Waals surface area contributed by atoms with Crippen molar-refractivity contribution >= 4 is 50.8 Å². The van der Waals surface area contributed by atoms with Gasteiger partial charge in [0.05, 0.1) is 14.1 Å². The number of halogens is 2. The molecule has 4 heteroatoms. The van der Waals surface area contributed by atoms with Crippen LogP contribution in [0.2, 0.25) is 5.02 Å². The molecule has 0 unspecified atom stereocenters. The molecule has 0 aliphatic carbocycles.